The summed E-state index contributed by atoms with van der Waals surface area (Å²) in [7, 11) is -2.10. The summed E-state index contributed by atoms with van der Waals surface area (Å²) in [5.41, 5.74) is 3.05. The van der Waals surface area contributed by atoms with Gasteiger partial charge in [-0.05, 0) is 42.0 Å². The van der Waals surface area contributed by atoms with Gasteiger partial charge in [-0.1, -0.05) is 38.1 Å². The van der Waals surface area contributed by atoms with Crippen LogP contribution in [0.3, 0.4) is 0 Å². The summed E-state index contributed by atoms with van der Waals surface area (Å²) < 4.78 is 27.6. The molecule has 0 aliphatic carbocycles. The molecule has 0 amide bonds. The third-order valence-corrected chi connectivity index (χ3v) is 7.35. The van der Waals surface area contributed by atoms with Crippen LogP contribution in [0.5, 0.6) is 0 Å². The number of para-hydroxylation sites is 1. The number of hydrogen-bond acceptors (Lipinski definition) is 6. The zero-order chi connectivity index (χ0) is 24.7. The minimum Gasteiger partial charge on any atom is -0.347 e. The largest absolute Gasteiger partial charge is 0.347 e. The van der Waals surface area contributed by atoms with Crippen molar-refractivity contribution >= 4 is 32.9 Å². The first-order chi connectivity index (χ1) is 16.0. The summed E-state index contributed by atoms with van der Waals surface area (Å²) in [6, 6.07) is 18.9. The fourth-order valence-corrected chi connectivity index (χ4v) is 5.25. The Kier molecular flexibility index (Phi) is 5.74. The Labute approximate surface area is 197 Å². The zero-order valence-corrected chi connectivity index (χ0v) is 19.7. The number of allylic oxidation sites excluding steroid dienone is 2. The van der Waals surface area contributed by atoms with E-state index in [9.17, 15) is 23.3 Å². The molecule has 3 aromatic carbocycles. The highest BCUT2D eigenvalue weighted by molar-refractivity contribution is 7.92. The second-order valence-corrected chi connectivity index (χ2v) is 10.2. The number of non-ortho nitro benzene ring substituents is 1. The van der Waals surface area contributed by atoms with Gasteiger partial charge in [0.25, 0.3) is 15.7 Å². The van der Waals surface area contributed by atoms with E-state index in [1.807, 2.05) is 30.1 Å². The van der Waals surface area contributed by atoms with Crippen LogP contribution in [0.25, 0.3) is 0 Å². The molecule has 0 unspecified atom stereocenters. The molecule has 4 rings (SSSR count). The molecule has 0 saturated heterocycles. The van der Waals surface area contributed by atoms with Gasteiger partial charge in [0.15, 0.2) is 5.78 Å². The molecule has 0 aromatic heterocycles. The molecule has 8 nitrogen and oxygen atoms in total. The van der Waals surface area contributed by atoms with Crippen LogP contribution in [0.2, 0.25) is 0 Å². The number of likely N-dealkylation sites (N-methyl/N-ethyl adjacent to an activating group) is 1. The normalized spacial score (nSPS) is 15.7. The smallest absolute Gasteiger partial charge is 0.270 e. The highest BCUT2D eigenvalue weighted by Gasteiger charge is 2.38. The van der Waals surface area contributed by atoms with Crippen molar-refractivity contribution < 1.29 is 18.1 Å². The number of hydrogen-bond donors (Lipinski definition) is 1. The van der Waals surface area contributed by atoms with Crippen LogP contribution in [0.4, 0.5) is 17.1 Å². The number of fused-ring (bicyclic) bond motifs is 1. The van der Waals surface area contributed by atoms with Crippen molar-refractivity contribution in [2.75, 3.05) is 16.7 Å². The van der Waals surface area contributed by atoms with Crippen LogP contribution in [-0.4, -0.2) is 26.2 Å². The van der Waals surface area contributed by atoms with Crippen LogP contribution in [0, 0.1) is 10.1 Å². The highest BCUT2D eigenvalue weighted by atomic mass is 32.2. The Bertz CT molecular complexity index is 1430. The van der Waals surface area contributed by atoms with Gasteiger partial charge in [0, 0.05) is 53.3 Å². The first kappa shape index (κ1) is 23.2. The summed E-state index contributed by atoms with van der Waals surface area (Å²) >= 11 is 0. The Hall–Kier alpha value is -3.98. The maximum absolute atomic E-state index is 13.0. The van der Waals surface area contributed by atoms with Gasteiger partial charge in [-0.3, -0.25) is 19.6 Å². The number of anilines is 2. The van der Waals surface area contributed by atoms with E-state index in [0.717, 1.165) is 23.0 Å². The summed E-state index contributed by atoms with van der Waals surface area (Å²) in [5, 5.41) is 10.9. The van der Waals surface area contributed by atoms with Gasteiger partial charge in [0.2, 0.25) is 0 Å². The van der Waals surface area contributed by atoms with E-state index in [2.05, 4.69) is 24.6 Å². The van der Waals surface area contributed by atoms with Crippen molar-refractivity contribution in [2.24, 2.45) is 0 Å². The van der Waals surface area contributed by atoms with Crippen LogP contribution in [0.15, 0.2) is 89.5 Å². The summed E-state index contributed by atoms with van der Waals surface area (Å²) in [5.74, 6) is -0.198. The molecule has 1 heterocycles. The predicted octanol–water partition coefficient (Wildman–Crippen LogP) is 4.89. The number of nitrogens with zero attached hydrogens (tertiary/aromatic N) is 2. The van der Waals surface area contributed by atoms with Crippen molar-refractivity contribution in [3.63, 3.8) is 0 Å². The molecular formula is C25H23N3O5S. The Morgan fingerprint density at radius 1 is 1.03 bits per heavy atom. The van der Waals surface area contributed by atoms with Crippen LogP contribution >= 0.6 is 0 Å². The third kappa shape index (κ3) is 4.17. The van der Waals surface area contributed by atoms with Gasteiger partial charge >= 0.3 is 0 Å². The molecule has 1 aliphatic heterocycles. The lowest BCUT2D eigenvalue weighted by molar-refractivity contribution is -0.385. The monoisotopic (exact) mass is 477 g/mol. The SMILES string of the molecule is CN1/C(=C\C(=O)c2ccc(NS(=O)(=O)c3cccc([N+](=O)[O-])c3)cc2)C(C)(C)c2ccccc21. The van der Waals surface area contributed by atoms with Crippen LogP contribution < -0.4 is 9.62 Å². The predicted molar refractivity (Wildman–Crippen MR) is 131 cm³/mol. The average molecular weight is 478 g/mol. The molecule has 0 bridgehead atoms. The van der Waals surface area contributed by atoms with Gasteiger partial charge in [-0.2, -0.15) is 0 Å². The van der Waals surface area contributed by atoms with Gasteiger partial charge < -0.3 is 4.90 Å². The minimum atomic E-state index is -4.03. The maximum Gasteiger partial charge on any atom is 0.270 e. The number of carbonyl (C=O) groups is 1. The second-order valence-electron chi connectivity index (χ2n) is 8.53. The number of carbonyl (C=O) groups excluding carboxylic acids is 1. The van der Waals surface area contributed by atoms with E-state index >= 15 is 0 Å². The zero-order valence-electron chi connectivity index (χ0n) is 18.8. The van der Waals surface area contributed by atoms with Crippen molar-refractivity contribution in [2.45, 2.75) is 24.2 Å². The number of nitro groups is 1. The van der Waals surface area contributed by atoms with Crippen molar-refractivity contribution in [3.8, 4) is 0 Å². The fraction of sp³-hybridized carbons (Fsp3) is 0.160. The molecule has 0 radical (unpaired) electrons. The molecule has 0 atom stereocenters. The summed E-state index contributed by atoms with van der Waals surface area (Å²) in [4.78, 5) is 25.1. The molecule has 0 spiro atoms. The maximum atomic E-state index is 13.0. The molecule has 3 aromatic rings. The van der Waals surface area contributed by atoms with Gasteiger partial charge in [-0.25, -0.2) is 8.42 Å². The number of nitro benzene ring substituents is 1. The molecule has 0 saturated carbocycles. The molecule has 0 fully saturated rings. The number of benzene rings is 3. The molecule has 1 aliphatic rings. The summed E-state index contributed by atoms with van der Waals surface area (Å²) in [6.07, 6.45) is 1.61. The van der Waals surface area contributed by atoms with Crippen molar-refractivity contribution in [3.05, 3.63) is 106 Å². The first-order valence-corrected chi connectivity index (χ1v) is 12.0. The fourth-order valence-electron chi connectivity index (χ4n) is 4.15. The average Bonchev–Trinajstić information content (AvgIpc) is 3.00. The van der Waals surface area contributed by atoms with Crippen molar-refractivity contribution in [1.29, 1.82) is 0 Å². The lowest BCUT2D eigenvalue weighted by atomic mass is 9.83. The molecule has 34 heavy (non-hydrogen) atoms. The number of rotatable bonds is 6. The Morgan fingerprint density at radius 3 is 2.35 bits per heavy atom. The summed E-state index contributed by atoms with van der Waals surface area (Å²) in [6.45, 7) is 4.14. The van der Waals surface area contributed by atoms with E-state index in [-0.39, 0.29) is 27.5 Å². The lowest BCUT2D eigenvalue weighted by Gasteiger charge is -2.24. The topological polar surface area (TPSA) is 110 Å². The first-order valence-electron chi connectivity index (χ1n) is 10.5. The third-order valence-electron chi connectivity index (χ3n) is 5.97. The van der Waals surface area contributed by atoms with Gasteiger partial charge in [0.05, 0.1) is 9.82 Å². The molecule has 9 heteroatoms. The van der Waals surface area contributed by atoms with E-state index < -0.39 is 14.9 Å². The number of nitrogens with one attached hydrogen (secondary N) is 1. The van der Waals surface area contributed by atoms with E-state index in [4.69, 9.17) is 0 Å². The second kappa shape index (κ2) is 8.42. The molecular weight excluding hydrogens is 454 g/mol. The lowest BCUT2D eigenvalue weighted by Crippen LogP contribution is -2.24. The minimum absolute atomic E-state index is 0.198. The Balaban J connectivity index is 1.55. The highest BCUT2D eigenvalue weighted by Crippen LogP contribution is 2.46. The van der Waals surface area contributed by atoms with Crippen LogP contribution in [0.1, 0.15) is 29.8 Å². The van der Waals surface area contributed by atoms with Crippen LogP contribution in [-0.2, 0) is 15.4 Å². The van der Waals surface area contributed by atoms with E-state index in [1.54, 1.807) is 18.2 Å². The quantitative estimate of drug-likeness (QED) is 0.234. The molecule has 174 valence electrons. The van der Waals surface area contributed by atoms with Gasteiger partial charge in [-0.15, -0.1) is 0 Å². The molecule has 1 N–H and O–H groups in total. The van der Waals surface area contributed by atoms with Gasteiger partial charge in [0.1, 0.15) is 0 Å². The number of ketones is 1. The Morgan fingerprint density at radius 2 is 1.71 bits per heavy atom. The standard InChI is InChI=1S/C25H23N3O5S/c1-25(2)21-9-4-5-10-22(21)27(3)24(25)16-23(29)17-11-13-18(14-12-17)26-34(32,33)20-8-6-7-19(15-20)28(30)31/h4-16,26H,1-3H3/b24-16-. The van der Waals surface area contributed by atoms with E-state index in [0.29, 0.717) is 5.56 Å². The van der Waals surface area contributed by atoms with E-state index in [1.165, 1.54) is 30.3 Å². The number of sulfonamides is 1. The van der Waals surface area contributed by atoms with Crippen molar-refractivity contribution in [1.82, 2.24) is 0 Å².